The molecule has 1 aliphatic heterocycles. The summed E-state index contributed by atoms with van der Waals surface area (Å²) in [6, 6.07) is 17.7. The van der Waals surface area contributed by atoms with Gasteiger partial charge >= 0.3 is 0 Å². The van der Waals surface area contributed by atoms with Crippen molar-refractivity contribution < 1.29 is 4.79 Å². The van der Waals surface area contributed by atoms with E-state index < -0.39 is 0 Å². The SMILES string of the molecule is C=Cc1ccc(N2CCN[C@H](c3ccccc3)C2)nc1C(=O)c1cccnc1N. The number of rotatable bonds is 5. The Bertz CT molecular complexity index is 1030. The van der Waals surface area contributed by atoms with Gasteiger partial charge in [-0.15, -0.1) is 0 Å². The molecule has 0 spiro atoms. The molecular formula is C23H23N5O. The number of carbonyl (C=O) groups is 1. The van der Waals surface area contributed by atoms with Crippen molar-refractivity contribution in [3.05, 3.63) is 89.8 Å². The van der Waals surface area contributed by atoms with E-state index in [9.17, 15) is 4.79 Å². The number of carbonyl (C=O) groups excluding carboxylic acids is 1. The van der Waals surface area contributed by atoms with Gasteiger partial charge in [-0.2, -0.15) is 0 Å². The quantitative estimate of drug-likeness (QED) is 0.657. The van der Waals surface area contributed by atoms with Gasteiger partial charge < -0.3 is 16.0 Å². The summed E-state index contributed by atoms with van der Waals surface area (Å²) in [5.74, 6) is 0.719. The van der Waals surface area contributed by atoms with E-state index in [-0.39, 0.29) is 17.6 Å². The van der Waals surface area contributed by atoms with E-state index in [1.54, 1.807) is 24.4 Å². The number of ketones is 1. The van der Waals surface area contributed by atoms with Gasteiger partial charge in [0.1, 0.15) is 17.3 Å². The summed E-state index contributed by atoms with van der Waals surface area (Å²) in [6.07, 6.45) is 3.20. The molecule has 4 rings (SSSR count). The van der Waals surface area contributed by atoms with E-state index in [1.807, 2.05) is 30.3 Å². The van der Waals surface area contributed by atoms with Crippen LogP contribution in [0, 0.1) is 0 Å². The maximum atomic E-state index is 13.1. The third kappa shape index (κ3) is 3.88. The molecule has 0 unspecified atom stereocenters. The van der Waals surface area contributed by atoms with Gasteiger partial charge in [-0.3, -0.25) is 4.79 Å². The Morgan fingerprint density at radius 2 is 2.00 bits per heavy atom. The van der Waals surface area contributed by atoms with E-state index in [0.29, 0.717) is 16.8 Å². The van der Waals surface area contributed by atoms with Crippen molar-refractivity contribution in [1.82, 2.24) is 15.3 Å². The van der Waals surface area contributed by atoms with Crippen LogP contribution in [0.3, 0.4) is 0 Å². The molecule has 0 amide bonds. The van der Waals surface area contributed by atoms with Crippen molar-refractivity contribution >= 4 is 23.5 Å². The Balaban J connectivity index is 1.65. The minimum Gasteiger partial charge on any atom is -0.383 e. The van der Waals surface area contributed by atoms with Gasteiger partial charge in [0.05, 0.1) is 5.56 Å². The van der Waals surface area contributed by atoms with Crippen molar-refractivity contribution in [2.24, 2.45) is 0 Å². The molecule has 0 bridgehead atoms. The summed E-state index contributed by atoms with van der Waals surface area (Å²) in [7, 11) is 0. The topological polar surface area (TPSA) is 84.1 Å². The second-order valence-electron chi connectivity index (χ2n) is 6.94. The molecule has 1 aliphatic rings. The molecule has 0 radical (unpaired) electrons. The van der Waals surface area contributed by atoms with Gasteiger partial charge in [-0.05, 0) is 29.8 Å². The summed E-state index contributed by atoms with van der Waals surface area (Å²) in [5.41, 5.74) is 8.51. The summed E-state index contributed by atoms with van der Waals surface area (Å²) >= 11 is 0. The highest BCUT2D eigenvalue weighted by atomic mass is 16.1. The molecular weight excluding hydrogens is 362 g/mol. The van der Waals surface area contributed by atoms with Gasteiger partial charge in [0.2, 0.25) is 5.78 Å². The molecule has 29 heavy (non-hydrogen) atoms. The van der Waals surface area contributed by atoms with E-state index >= 15 is 0 Å². The summed E-state index contributed by atoms with van der Waals surface area (Å²) in [4.78, 5) is 24.0. The average Bonchev–Trinajstić information content (AvgIpc) is 2.79. The van der Waals surface area contributed by atoms with Gasteiger partial charge in [0.25, 0.3) is 0 Å². The van der Waals surface area contributed by atoms with Gasteiger partial charge in [-0.25, -0.2) is 9.97 Å². The Hall–Kier alpha value is -3.51. The molecule has 3 heterocycles. The predicted octanol–water partition coefficient (Wildman–Crippen LogP) is 3.08. The van der Waals surface area contributed by atoms with Crippen LogP contribution in [-0.2, 0) is 0 Å². The smallest absolute Gasteiger partial charge is 0.215 e. The fraction of sp³-hybridized carbons (Fsp3) is 0.174. The molecule has 1 atom stereocenters. The summed E-state index contributed by atoms with van der Waals surface area (Å²) in [6.45, 7) is 6.24. The number of piperazine rings is 1. The minimum absolute atomic E-state index is 0.200. The van der Waals surface area contributed by atoms with Crippen LogP contribution in [0.25, 0.3) is 6.08 Å². The lowest BCUT2D eigenvalue weighted by molar-refractivity contribution is 0.103. The Kier molecular flexibility index (Phi) is 5.35. The lowest BCUT2D eigenvalue weighted by Gasteiger charge is -2.35. The minimum atomic E-state index is -0.248. The molecule has 1 aromatic carbocycles. The zero-order valence-electron chi connectivity index (χ0n) is 16.1. The summed E-state index contributed by atoms with van der Waals surface area (Å²) in [5, 5.41) is 3.55. The second-order valence-corrected chi connectivity index (χ2v) is 6.94. The predicted molar refractivity (Wildman–Crippen MR) is 116 cm³/mol. The number of aromatic nitrogens is 2. The van der Waals surface area contributed by atoms with Crippen LogP contribution in [0.4, 0.5) is 11.6 Å². The molecule has 2 aromatic heterocycles. The normalized spacial score (nSPS) is 16.4. The number of hydrogen-bond donors (Lipinski definition) is 2. The molecule has 3 aromatic rings. The van der Waals surface area contributed by atoms with Gasteiger partial charge in [0, 0.05) is 37.4 Å². The largest absolute Gasteiger partial charge is 0.383 e. The first-order chi connectivity index (χ1) is 14.2. The third-order valence-electron chi connectivity index (χ3n) is 5.13. The van der Waals surface area contributed by atoms with Crippen LogP contribution in [0.1, 0.15) is 33.2 Å². The first-order valence-electron chi connectivity index (χ1n) is 9.59. The number of nitrogens with zero attached hydrogens (tertiary/aromatic N) is 3. The molecule has 0 saturated carbocycles. The number of hydrogen-bond acceptors (Lipinski definition) is 6. The van der Waals surface area contributed by atoms with Crippen LogP contribution >= 0.6 is 0 Å². The zero-order chi connectivity index (χ0) is 20.2. The zero-order valence-corrected chi connectivity index (χ0v) is 16.1. The highest BCUT2D eigenvalue weighted by Crippen LogP contribution is 2.24. The fourth-order valence-corrected chi connectivity index (χ4v) is 3.59. The standard InChI is InChI=1S/C23H23N5O/c1-2-16-10-11-20(27-21(16)22(29)18-9-6-12-26-23(18)24)28-14-13-25-19(15-28)17-7-4-3-5-8-17/h2-12,19,25H,1,13-15H2,(H2,24,26)/t19-/m0/s1. The summed E-state index contributed by atoms with van der Waals surface area (Å²) < 4.78 is 0. The van der Waals surface area contributed by atoms with Gasteiger partial charge in [0.15, 0.2) is 0 Å². The molecule has 6 heteroatoms. The first kappa shape index (κ1) is 18.8. The van der Waals surface area contributed by atoms with E-state index in [0.717, 1.165) is 25.5 Å². The second kappa shape index (κ2) is 8.24. The van der Waals surface area contributed by atoms with Crippen molar-refractivity contribution in [3.8, 4) is 0 Å². The maximum absolute atomic E-state index is 13.1. The Morgan fingerprint density at radius 3 is 2.76 bits per heavy atom. The van der Waals surface area contributed by atoms with Crippen molar-refractivity contribution in [2.45, 2.75) is 6.04 Å². The number of anilines is 2. The third-order valence-corrected chi connectivity index (χ3v) is 5.13. The van der Waals surface area contributed by atoms with Crippen LogP contribution in [0.2, 0.25) is 0 Å². The van der Waals surface area contributed by atoms with Crippen molar-refractivity contribution in [2.75, 3.05) is 30.3 Å². The molecule has 6 nitrogen and oxygen atoms in total. The monoisotopic (exact) mass is 385 g/mol. The van der Waals surface area contributed by atoms with Crippen LogP contribution in [-0.4, -0.2) is 35.4 Å². The first-order valence-corrected chi connectivity index (χ1v) is 9.59. The number of pyridine rings is 2. The fourth-order valence-electron chi connectivity index (χ4n) is 3.59. The van der Waals surface area contributed by atoms with Crippen LogP contribution in [0.15, 0.2) is 67.4 Å². The maximum Gasteiger partial charge on any atom is 0.215 e. The van der Waals surface area contributed by atoms with Gasteiger partial charge in [-0.1, -0.05) is 43.0 Å². The molecule has 146 valence electrons. The van der Waals surface area contributed by atoms with E-state index in [4.69, 9.17) is 10.7 Å². The van der Waals surface area contributed by atoms with Crippen LogP contribution < -0.4 is 16.0 Å². The molecule has 3 N–H and O–H groups in total. The number of nitrogens with one attached hydrogen (secondary N) is 1. The van der Waals surface area contributed by atoms with E-state index in [2.05, 4.69) is 33.9 Å². The lowest BCUT2D eigenvalue weighted by atomic mass is 10.0. The Labute approximate surface area is 170 Å². The molecule has 1 fully saturated rings. The van der Waals surface area contributed by atoms with E-state index in [1.165, 1.54) is 5.56 Å². The Morgan fingerprint density at radius 1 is 1.17 bits per heavy atom. The van der Waals surface area contributed by atoms with Crippen molar-refractivity contribution in [1.29, 1.82) is 0 Å². The highest BCUT2D eigenvalue weighted by molar-refractivity contribution is 6.12. The van der Waals surface area contributed by atoms with Crippen LogP contribution in [0.5, 0.6) is 0 Å². The number of benzene rings is 1. The molecule has 0 aliphatic carbocycles. The number of nitrogens with two attached hydrogens (primary N) is 1. The average molecular weight is 385 g/mol. The highest BCUT2D eigenvalue weighted by Gasteiger charge is 2.24. The number of nitrogen functional groups attached to an aromatic ring is 1. The lowest BCUT2D eigenvalue weighted by Crippen LogP contribution is -2.46. The van der Waals surface area contributed by atoms with Crippen molar-refractivity contribution in [3.63, 3.8) is 0 Å². The molecule has 1 saturated heterocycles.